The molecule has 0 aliphatic carbocycles. The molecule has 1 aliphatic rings. The van der Waals surface area contributed by atoms with Gasteiger partial charge in [0.2, 0.25) is 6.79 Å². The number of nitrogens with one attached hydrogen (secondary N) is 1. The van der Waals surface area contributed by atoms with Gasteiger partial charge >= 0.3 is 0 Å². The Labute approximate surface area is 139 Å². The van der Waals surface area contributed by atoms with E-state index in [2.05, 4.69) is 37.2 Å². The largest absolute Gasteiger partial charge is 0.454 e. The summed E-state index contributed by atoms with van der Waals surface area (Å²) in [6.07, 6.45) is 0. The van der Waals surface area contributed by atoms with E-state index in [1.807, 2.05) is 36.4 Å². The number of anilines is 1. The second-order valence-electron chi connectivity index (χ2n) is 4.60. The number of para-hydroxylation sites is 1. The second kappa shape index (κ2) is 6.25. The molecule has 1 heterocycles. The monoisotopic (exact) mass is 413 g/mol. The third-order valence-corrected chi connectivity index (χ3v) is 4.52. The zero-order valence-electron chi connectivity index (χ0n) is 11.0. The van der Waals surface area contributed by atoms with Gasteiger partial charge in [-0.1, -0.05) is 12.1 Å². The number of halogens is 2. The van der Waals surface area contributed by atoms with Crippen LogP contribution in [0.3, 0.4) is 0 Å². The summed E-state index contributed by atoms with van der Waals surface area (Å²) >= 11 is 6.96. The van der Waals surface area contributed by atoms with E-state index in [0.717, 1.165) is 20.2 Å². The molecule has 1 atom stereocenters. The Kier molecular flexibility index (Phi) is 4.37. The fourth-order valence-electron chi connectivity index (χ4n) is 2.19. The highest BCUT2D eigenvalue weighted by Gasteiger charge is 2.21. The molecule has 0 amide bonds. The van der Waals surface area contributed by atoms with Crippen molar-refractivity contribution in [1.29, 1.82) is 0 Å². The van der Waals surface area contributed by atoms with E-state index in [1.165, 1.54) is 0 Å². The standard InChI is InChI=1S/C15H13Br2NO3/c16-10-3-1-2-4-12(10)18-13(7-19)9-5-11(17)15-14(6-9)20-8-21-15/h1-6,13,18-19H,7-8H2. The Hall–Kier alpha value is -1.24. The molecule has 0 bridgehead atoms. The van der Waals surface area contributed by atoms with Crippen LogP contribution in [0.15, 0.2) is 45.3 Å². The van der Waals surface area contributed by atoms with Crippen LogP contribution in [0.1, 0.15) is 11.6 Å². The van der Waals surface area contributed by atoms with Crippen LogP contribution >= 0.6 is 31.9 Å². The SMILES string of the molecule is OCC(Nc1ccccc1Br)c1cc(Br)c2c(c1)OCO2. The Bertz CT molecular complexity index is 663. The van der Waals surface area contributed by atoms with E-state index >= 15 is 0 Å². The first-order chi connectivity index (χ1) is 10.2. The van der Waals surface area contributed by atoms with Crippen molar-refractivity contribution in [2.45, 2.75) is 6.04 Å². The number of hydrogen-bond acceptors (Lipinski definition) is 4. The fraction of sp³-hybridized carbons (Fsp3) is 0.200. The molecule has 0 fully saturated rings. The van der Waals surface area contributed by atoms with E-state index in [4.69, 9.17) is 9.47 Å². The predicted molar refractivity (Wildman–Crippen MR) is 87.9 cm³/mol. The van der Waals surface area contributed by atoms with Crippen LogP contribution in [0, 0.1) is 0 Å². The van der Waals surface area contributed by atoms with Crippen molar-refractivity contribution in [3.05, 3.63) is 50.9 Å². The van der Waals surface area contributed by atoms with Gasteiger partial charge in [0.25, 0.3) is 0 Å². The minimum absolute atomic E-state index is 0.0343. The maximum atomic E-state index is 9.71. The van der Waals surface area contributed by atoms with Gasteiger partial charge in [-0.3, -0.25) is 0 Å². The molecular weight excluding hydrogens is 402 g/mol. The van der Waals surface area contributed by atoms with Crippen LogP contribution in [0.25, 0.3) is 0 Å². The lowest BCUT2D eigenvalue weighted by atomic mass is 10.1. The Morgan fingerprint density at radius 1 is 1.14 bits per heavy atom. The molecule has 110 valence electrons. The zero-order valence-corrected chi connectivity index (χ0v) is 14.1. The maximum absolute atomic E-state index is 9.71. The van der Waals surface area contributed by atoms with Gasteiger partial charge in [0, 0.05) is 10.2 Å². The van der Waals surface area contributed by atoms with Crippen molar-refractivity contribution < 1.29 is 14.6 Å². The van der Waals surface area contributed by atoms with Crippen molar-refractivity contribution in [2.24, 2.45) is 0 Å². The lowest BCUT2D eigenvalue weighted by Crippen LogP contribution is -2.15. The van der Waals surface area contributed by atoms with Crippen molar-refractivity contribution in [2.75, 3.05) is 18.7 Å². The topological polar surface area (TPSA) is 50.7 Å². The summed E-state index contributed by atoms with van der Waals surface area (Å²) in [7, 11) is 0. The first-order valence-electron chi connectivity index (χ1n) is 6.40. The Morgan fingerprint density at radius 3 is 2.71 bits per heavy atom. The van der Waals surface area contributed by atoms with Gasteiger partial charge in [-0.25, -0.2) is 0 Å². The fourth-order valence-corrected chi connectivity index (χ4v) is 3.16. The average molecular weight is 415 g/mol. The third kappa shape index (κ3) is 3.02. The quantitative estimate of drug-likeness (QED) is 0.791. The van der Waals surface area contributed by atoms with Gasteiger partial charge in [-0.15, -0.1) is 0 Å². The zero-order chi connectivity index (χ0) is 14.8. The number of ether oxygens (including phenoxy) is 2. The number of fused-ring (bicyclic) bond motifs is 1. The van der Waals surface area contributed by atoms with Gasteiger partial charge in [0.05, 0.1) is 17.1 Å². The number of benzene rings is 2. The third-order valence-electron chi connectivity index (χ3n) is 3.24. The second-order valence-corrected chi connectivity index (χ2v) is 6.30. The minimum Gasteiger partial charge on any atom is -0.454 e. The minimum atomic E-state index is -0.241. The predicted octanol–water partition coefficient (Wildman–Crippen LogP) is 4.09. The summed E-state index contributed by atoms with van der Waals surface area (Å²) in [6.45, 7) is 0.187. The van der Waals surface area contributed by atoms with Gasteiger partial charge < -0.3 is 19.9 Å². The molecule has 0 spiro atoms. The Morgan fingerprint density at radius 2 is 1.95 bits per heavy atom. The van der Waals surface area contributed by atoms with Gasteiger partial charge in [-0.05, 0) is 61.7 Å². The first kappa shape index (κ1) is 14.7. The lowest BCUT2D eigenvalue weighted by Gasteiger charge is -2.19. The number of aliphatic hydroxyl groups excluding tert-OH is 1. The molecular formula is C15H13Br2NO3. The van der Waals surface area contributed by atoms with E-state index in [0.29, 0.717) is 11.5 Å². The number of aliphatic hydroxyl groups is 1. The van der Waals surface area contributed by atoms with Gasteiger partial charge in [0.15, 0.2) is 11.5 Å². The van der Waals surface area contributed by atoms with Crippen molar-refractivity contribution in [3.63, 3.8) is 0 Å². The van der Waals surface area contributed by atoms with Gasteiger partial charge in [0.1, 0.15) is 0 Å². The molecule has 2 aromatic rings. The molecule has 1 unspecified atom stereocenters. The molecule has 0 radical (unpaired) electrons. The van der Waals surface area contributed by atoms with Crippen LogP contribution in [-0.2, 0) is 0 Å². The molecule has 0 saturated carbocycles. The van der Waals surface area contributed by atoms with Crippen LogP contribution in [0.4, 0.5) is 5.69 Å². The molecule has 2 N–H and O–H groups in total. The maximum Gasteiger partial charge on any atom is 0.231 e. The normalized spacial score (nSPS) is 14.0. The van der Waals surface area contributed by atoms with E-state index in [-0.39, 0.29) is 19.4 Å². The average Bonchev–Trinajstić information content (AvgIpc) is 2.95. The van der Waals surface area contributed by atoms with Crippen LogP contribution in [-0.4, -0.2) is 18.5 Å². The van der Waals surface area contributed by atoms with Crippen molar-refractivity contribution >= 4 is 37.5 Å². The van der Waals surface area contributed by atoms with Crippen molar-refractivity contribution in [1.82, 2.24) is 0 Å². The highest BCUT2D eigenvalue weighted by atomic mass is 79.9. The molecule has 4 nitrogen and oxygen atoms in total. The van der Waals surface area contributed by atoms with Crippen LogP contribution < -0.4 is 14.8 Å². The molecule has 2 aromatic carbocycles. The van der Waals surface area contributed by atoms with E-state index < -0.39 is 0 Å². The van der Waals surface area contributed by atoms with Gasteiger partial charge in [-0.2, -0.15) is 0 Å². The molecule has 3 rings (SSSR count). The van der Waals surface area contributed by atoms with Crippen molar-refractivity contribution in [3.8, 4) is 11.5 Å². The molecule has 6 heteroatoms. The van der Waals surface area contributed by atoms with E-state index in [1.54, 1.807) is 0 Å². The highest BCUT2D eigenvalue weighted by molar-refractivity contribution is 9.11. The Balaban J connectivity index is 1.90. The highest BCUT2D eigenvalue weighted by Crippen LogP contribution is 2.41. The number of rotatable bonds is 4. The first-order valence-corrected chi connectivity index (χ1v) is 7.98. The smallest absolute Gasteiger partial charge is 0.231 e. The summed E-state index contributed by atoms with van der Waals surface area (Å²) in [4.78, 5) is 0. The summed E-state index contributed by atoms with van der Waals surface area (Å²) in [5, 5.41) is 13.0. The van der Waals surface area contributed by atoms with Crippen LogP contribution in [0.2, 0.25) is 0 Å². The summed E-state index contributed by atoms with van der Waals surface area (Å²) < 4.78 is 12.6. The summed E-state index contributed by atoms with van der Waals surface area (Å²) in [5.41, 5.74) is 1.84. The van der Waals surface area contributed by atoms with Crippen LogP contribution in [0.5, 0.6) is 11.5 Å². The molecule has 0 saturated heterocycles. The molecule has 0 aromatic heterocycles. The molecule has 21 heavy (non-hydrogen) atoms. The molecule has 1 aliphatic heterocycles. The summed E-state index contributed by atoms with van der Waals surface area (Å²) in [6, 6.07) is 11.4. The summed E-state index contributed by atoms with van der Waals surface area (Å²) in [5.74, 6) is 1.39. The van der Waals surface area contributed by atoms with E-state index in [9.17, 15) is 5.11 Å². The lowest BCUT2D eigenvalue weighted by molar-refractivity contribution is 0.173. The number of hydrogen-bond donors (Lipinski definition) is 2.